The molecule has 1 aromatic heterocycles. The monoisotopic (exact) mass is 447 g/mol. The standard InChI is InChI=1S/C21H25N3O6S/c1-5-30-21(26)24-7-6-12-15(10-24)31-20-16(12)19(25)22-18(23-20)11-8-13(27-2)17(29-4)14(9-11)28-3/h8-9,18,23H,5-7,10H2,1-4H3,(H,22,25)/t18-/m0/s1. The average Bonchev–Trinajstić information content (AvgIpc) is 3.16. The second kappa shape index (κ2) is 8.54. The predicted octanol–water partition coefficient (Wildman–Crippen LogP) is 3.14. The molecule has 166 valence electrons. The Morgan fingerprint density at radius 1 is 1.16 bits per heavy atom. The fourth-order valence-electron chi connectivity index (χ4n) is 3.92. The van der Waals surface area contributed by atoms with Crippen LogP contribution in [0.3, 0.4) is 0 Å². The zero-order valence-electron chi connectivity index (χ0n) is 17.9. The number of ether oxygens (including phenoxy) is 4. The predicted molar refractivity (Wildman–Crippen MR) is 115 cm³/mol. The van der Waals surface area contributed by atoms with Crippen molar-refractivity contribution in [3.8, 4) is 17.2 Å². The molecule has 2 amide bonds. The Balaban J connectivity index is 1.63. The Kier molecular flexibility index (Phi) is 5.81. The number of methoxy groups -OCH3 is 3. The normalized spacial score (nSPS) is 17.1. The molecular weight excluding hydrogens is 422 g/mol. The van der Waals surface area contributed by atoms with E-state index in [4.69, 9.17) is 18.9 Å². The Hall–Kier alpha value is -3.14. The first-order chi connectivity index (χ1) is 15.0. The fourth-order valence-corrected chi connectivity index (χ4v) is 5.21. The van der Waals surface area contributed by atoms with Crippen LogP contribution in [-0.2, 0) is 17.7 Å². The number of hydrogen-bond donors (Lipinski definition) is 2. The Morgan fingerprint density at radius 3 is 2.48 bits per heavy atom. The summed E-state index contributed by atoms with van der Waals surface area (Å²) < 4.78 is 21.4. The number of carbonyl (C=O) groups is 2. The van der Waals surface area contributed by atoms with E-state index in [2.05, 4.69) is 10.6 Å². The van der Waals surface area contributed by atoms with E-state index in [9.17, 15) is 9.59 Å². The summed E-state index contributed by atoms with van der Waals surface area (Å²) in [6.45, 7) is 3.09. The van der Waals surface area contributed by atoms with E-state index < -0.39 is 6.17 Å². The molecule has 1 aromatic carbocycles. The summed E-state index contributed by atoms with van der Waals surface area (Å²) in [4.78, 5) is 27.8. The molecule has 0 fully saturated rings. The molecule has 0 radical (unpaired) electrons. The molecule has 0 spiro atoms. The van der Waals surface area contributed by atoms with Crippen LogP contribution in [0.1, 0.15) is 39.5 Å². The quantitative estimate of drug-likeness (QED) is 0.727. The molecule has 1 atom stereocenters. The summed E-state index contributed by atoms with van der Waals surface area (Å²) in [6, 6.07) is 3.61. The van der Waals surface area contributed by atoms with Crippen LogP contribution >= 0.6 is 11.3 Å². The lowest BCUT2D eigenvalue weighted by molar-refractivity contribution is 0.0934. The van der Waals surface area contributed by atoms with Crippen LogP contribution in [0.2, 0.25) is 0 Å². The third-order valence-electron chi connectivity index (χ3n) is 5.38. The molecule has 2 aliphatic rings. The Bertz CT molecular complexity index is 996. The number of hydrogen-bond acceptors (Lipinski definition) is 8. The van der Waals surface area contributed by atoms with Crippen LogP contribution in [0.4, 0.5) is 9.80 Å². The second-order valence-corrected chi connectivity index (χ2v) is 8.19. The molecule has 31 heavy (non-hydrogen) atoms. The van der Waals surface area contributed by atoms with E-state index >= 15 is 0 Å². The Morgan fingerprint density at radius 2 is 1.87 bits per heavy atom. The maximum absolute atomic E-state index is 13.0. The van der Waals surface area contributed by atoms with Crippen molar-refractivity contribution >= 4 is 28.3 Å². The Labute approximate surface area is 184 Å². The highest BCUT2D eigenvalue weighted by molar-refractivity contribution is 7.16. The molecule has 9 nitrogen and oxygen atoms in total. The van der Waals surface area contributed by atoms with Gasteiger partial charge in [-0.05, 0) is 31.0 Å². The van der Waals surface area contributed by atoms with Crippen molar-refractivity contribution in [3.63, 3.8) is 0 Å². The summed E-state index contributed by atoms with van der Waals surface area (Å²) in [6.07, 6.45) is -0.175. The highest BCUT2D eigenvalue weighted by Crippen LogP contribution is 2.43. The third-order valence-corrected chi connectivity index (χ3v) is 6.53. The van der Waals surface area contributed by atoms with Gasteiger partial charge in [0.25, 0.3) is 5.91 Å². The van der Waals surface area contributed by atoms with Crippen molar-refractivity contribution in [1.29, 1.82) is 0 Å². The smallest absolute Gasteiger partial charge is 0.410 e. The number of nitrogens with zero attached hydrogens (tertiary/aromatic N) is 1. The average molecular weight is 448 g/mol. The highest BCUT2D eigenvalue weighted by Gasteiger charge is 2.35. The van der Waals surface area contributed by atoms with Crippen molar-refractivity contribution in [2.45, 2.75) is 26.1 Å². The number of carbonyl (C=O) groups excluding carboxylic acids is 2. The lowest BCUT2D eigenvalue weighted by atomic mass is 10.0. The first-order valence-electron chi connectivity index (χ1n) is 9.94. The zero-order valence-corrected chi connectivity index (χ0v) is 18.7. The summed E-state index contributed by atoms with van der Waals surface area (Å²) in [5, 5.41) is 7.22. The number of rotatable bonds is 5. The minimum Gasteiger partial charge on any atom is -0.493 e. The number of anilines is 1. The van der Waals surface area contributed by atoms with Crippen molar-refractivity contribution in [2.75, 3.05) is 39.8 Å². The number of amides is 2. The van der Waals surface area contributed by atoms with Crippen LogP contribution in [0.15, 0.2) is 12.1 Å². The van der Waals surface area contributed by atoms with Gasteiger partial charge in [-0.2, -0.15) is 0 Å². The summed E-state index contributed by atoms with van der Waals surface area (Å²) >= 11 is 1.50. The maximum Gasteiger partial charge on any atom is 0.410 e. The first-order valence-corrected chi connectivity index (χ1v) is 10.8. The van der Waals surface area contributed by atoms with Gasteiger partial charge in [0.15, 0.2) is 11.5 Å². The minimum atomic E-state index is -0.463. The van der Waals surface area contributed by atoms with Crippen LogP contribution in [-0.4, -0.2) is 51.4 Å². The lowest BCUT2D eigenvalue weighted by Gasteiger charge is -2.28. The van der Waals surface area contributed by atoms with Gasteiger partial charge in [-0.3, -0.25) is 4.79 Å². The molecule has 0 unspecified atom stereocenters. The van der Waals surface area contributed by atoms with Crippen molar-refractivity contribution < 1.29 is 28.5 Å². The molecule has 10 heteroatoms. The molecule has 2 aromatic rings. The van der Waals surface area contributed by atoms with Crippen molar-refractivity contribution in [1.82, 2.24) is 10.2 Å². The number of thiophene rings is 1. The van der Waals surface area contributed by atoms with Gasteiger partial charge in [-0.1, -0.05) is 0 Å². The highest BCUT2D eigenvalue weighted by atomic mass is 32.1. The van der Waals surface area contributed by atoms with Gasteiger partial charge >= 0.3 is 6.09 Å². The molecule has 4 rings (SSSR count). The molecule has 3 heterocycles. The molecular formula is C21H25N3O6S. The van der Waals surface area contributed by atoms with E-state index in [0.717, 1.165) is 21.0 Å². The van der Waals surface area contributed by atoms with Crippen LogP contribution in [0, 0.1) is 0 Å². The molecule has 0 bridgehead atoms. The van der Waals surface area contributed by atoms with Gasteiger partial charge in [0.2, 0.25) is 5.75 Å². The second-order valence-electron chi connectivity index (χ2n) is 7.09. The number of fused-ring (bicyclic) bond motifs is 3. The van der Waals surface area contributed by atoms with Gasteiger partial charge in [-0.25, -0.2) is 4.79 Å². The number of nitrogens with one attached hydrogen (secondary N) is 2. The van der Waals surface area contributed by atoms with E-state index in [1.807, 2.05) is 0 Å². The summed E-state index contributed by atoms with van der Waals surface area (Å²) in [5.41, 5.74) is 2.43. The molecule has 0 saturated heterocycles. The largest absolute Gasteiger partial charge is 0.493 e. The van der Waals surface area contributed by atoms with Gasteiger partial charge < -0.3 is 34.5 Å². The topological polar surface area (TPSA) is 98.4 Å². The van der Waals surface area contributed by atoms with Gasteiger partial charge in [-0.15, -0.1) is 11.3 Å². The summed E-state index contributed by atoms with van der Waals surface area (Å²) in [5.74, 6) is 1.36. The van der Waals surface area contributed by atoms with Gasteiger partial charge in [0, 0.05) is 17.0 Å². The van der Waals surface area contributed by atoms with Crippen LogP contribution in [0.25, 0.3) is 0 Å². The molecule has 0 aliphatic carbocycles. The first kappa shape index (κ1) is 21.1. The van der Waals surface area contributed by atoms with Gasteiger partial charge in [0.05, 0.1) is 40.0 Å². The lowest BCUT2D eigenvalue weighted by Crippen LogP contribution is -2.39. The summed E-state index contributed by atoms with van der Waals surface area (Å²) in [7, 11) is 4.64. The maximum atomic E-state index is 13.0. The van der Waals surface area contributed by atoms with Crippen molar-refractivity contribution in [2.24, 2.45) is 0 Å². The van der Waals surface area contributed by atoms with E-state index in [1.54, 1.807) is 45.3 Å². The van der Waals surface area contributed by atoms with E-state index in [-0.39, 0.29) is 12.0 Å². The molecule has 2 N–H and O–H groups in total. The van der Waals surface area contributed by atoms with Crippen LogP contribution < -0.4 is 24.8 Å². The zero-order chi connectivity index (χ0) is 22.1. The SMILES string of the molecule is CCOC(=O)N1CCc2c(sc3c2C(=O)N[C@H](c2cc(OC)c(OC)c(OC)c2)N3)C1. The van der Waals surface area contributed by atoms with Crippen molar-refractivity contribution in [3.05, 3.63) is 33.7 Å². The third kappa shape index (κ3) is 3.71. The minimum absolute atomic E-state index is 0.144. The molecule has 2 aliphatic heterocycles. The van der Waals surface area contributed by atoms with Crippen LogP contribution in [0.5, 0.6) is 17.2 Å². The van der Waals surface area contributed by atoms with E-state index in [1.165, 1.54) is 11.3 Å². The number of benzene rings is 1. The fraction of sp³-hybridized carbons (Fsp3) is 0.429. The molecule has 0 saturated carbocycles. The van der Waals surface area contributed by atoms with Gasteiger partial charge in [0.1, 0.15) is 11.2 Å². The van der Waals surface area contributed by atoms with E-state index in [0.29, 0.717) is 48.9 Å².